The summed E-state index contributed by atoms with van der Waals surface area (Å²) in [7, 11) is 0. The SMILES string of the molecule is CCc1ccc(Sc2ccc(Cl)cc2CC)cc1. The molecule has 0 radical (unpaired) electrons. The summed E-state index contributed by atoms with van der Waals surface area (Å²) in [5.74, 6) is 0. The van der Waals surface area contributed by atoms with Crippen LogP contribution in [0.2, 0.25) is 5.02 Å². The molecule has 0 aliphatic carbocycles. The number of aryl methyl sites for hydroxylation is 2. The van der Waals surface area contributed by atoms with Crippen molar-refractivity contribution in [3.05, 3.63) is 58.6 Å². The molecule has 0 spiro atoms. The fourth-order valence-electron chi connectivity index (χ4n) is 1.84. The van der Waals surface area contributed by atoms with Crippen LogP contribution in [-0.4, -0.2) is 0 Å². The highest BCUT2D eigenvalue weighted by Crippen LogP contribution is 2.32. The number of benzene rings is 2. The Morgan fingerprint density at radius 2 is 1.67 bits per heavy atom. The maximum atomic E-state index is 6.03. The molecule has 0 atom stereocenters. The first kappa shape index (κ1) is 13.5. The molecule has 2 rings (SSSR count). The van der Waals surface area contributed by atoms with E-state index in [-0.39, 0.29) is 0 Å². The quantitative estimate of drug-likeness (QED) is 0.699. The smallest absolute Gasteiger partial charge is 0.0409 e. The van der Waals surface area contributed by atoms with Gasteiger partial charge in [-0.1, -0.05) is 49.3 Å². The van der Waals surface area contributed by atoms with Gasteiger partial charge in [-0.2, -0.15) is 0 Å². The second-order valence-corrected chi connectivity index (χ2v) is 5.76. The molecule has 2 aromatic carbocycles. The molecule has 0 fully saturated rings. The van der Waals surface area contributed by atoms with Gasteiger partial charge in [-0.15, -0.1) is 0 Å². The maximum absolute atomic E-state index is 6.03. The standard InChI is InChI=1S/C16H17ClS/c1-3-12-5-8-15(9-6-12)18-16-10-7-14(17)11-13(16)4-2/h5-11H,3-4H2,1-2H3. The summed E-state index contributed by atoms with van der Waals surface area (Å²) in [5, 5.41) is 0.817. The fraction of sp³-hybridized carbons (Fsp3) is 0.250. The lowest BCUT2D eigenvalue weighted by Gasteiger charge is -2.08. The van der Waals surface area contributed by atoms with Gasteiger partial charge >= 0.3 is 0 Å². The van der Waals surface area contributed by atoms with Gasteiger partial charge in [0.15, 0.2) is 0 Å². The fourth-order valence-corrected chi connectivity index (χ4v) is 3.04. The number of halogens is 1. The second-order valence-electron chi connectivity index (χ2n) is 4.21. The largest absolute Gasteiger partial charge is 0.0898 e. The van der Waals surface area contributed by atoms with Gasteiger partial charge in [0.25, 0.3) is 0 Å². The normalized spacial score (nSPS) is 10.6. The molecular weight excluding hydrogens is 260 g/mol. The molecule has 0 amide bonds. The molecule has 2 heteroatoms. The zero-order valence-corrected chi connectivity index (χ0v) is 12.3. The van der Waals surface area contributed by atoms with Gasteiger partial charge in [-0.3, -0.25) is 0 Å². The van der Waals surface area contributed by atoms with Crippen molar-refractivity contribution in [1.29, 1.82) is 0 Å². The van der Waals surface area contributed by atoms with Crippen LogP contribution in [0.15, 0.2) is 52.3 Å². The minimum atomic E-state index is 0.817. The first-order chi connectivity index (χ1) is 8.72. The molecule has 0 unspecified atom stereocenters. The summed E-state index contributed by atoms with van der Waals surface area (Å²) < 4.78 is 0. The zero-order valence-electron chi connectivity index (χ0n) is 10.7. The molecule has 0 aromatic heterocycles. The van der Waals surface area contributed by atoms with Gasteiger partial charge in [-0.25, -0.2) is 0 Å². The molecule has 0 aliphatic rings. The summed E-state index contributed by atoms with van der Waals surface area (Å²) in [6.07, 6.45) is 2.10. The molecule has 18 heavy (non-hydrogen) atoms. The second kappa shape index (κ2) is 6.31. The van der Waals surface area contributed by atoms with E-state index in [2.05, 4.69) is 50.2 Å². The molecule has 0 N–H and O–H groups in total. The van der Waals surface area contributed by atoms with Gasteiger partial charge in [-0.05, 0) is 54.3 Å². The van der Waals surface area contributed by atoms with Crippen molar-refractivity contribution in [3.63, 3.8) is 0 Å². The van der Waals surface area contributed by atoms with Crippen LogP contribution in [0, 0.1) is 0 Å². The summed E-state index contributed by atoms with van der Waals surface area (Å²) >= 11 is 7.84. The van der Waals surface area contributed by atoms with Crippen LogP contribution in [-0.2, 0) is 12.8 Å². The zero-order chi connectivity index (χ0) is 13.0. The van der Waals surface area contributed by atoms with Crippen LogP contribution in [0.5, 0.6) is 0 Å². The lowest BCUT2D eigenvalue weighted by Crippen LogP contribution is -1.86. The van der Waals surface area contributed by atoms with E-state index in [0.717, 1.165) is 17.9 Å². The van der Waals surface area contributed by atoms with Crippen molar-refractivity contribution in [2.45, 2.75) is 36.5 Å². The molecule has 2 aromatic rings. The number of rotatable bonds is 4. The first-order valence-electron chi connectivity index (χ1n) is 6.28. The van der Waals surface area contributed by atoms with Gasteiger partial charge in [0.1, 0.15) is 0 Å². The number of hydrogen-bond donors (Lipinski definition) is 0. The molecule has 0 saturated heterocycles. The van der Waals surface area contributed by atoms with Crippen molar-refractivity contribution in [1.82, 2.24) is 0 Å². The van der Waals surface area contributed by atoms with Crippen LogP contribution in [0.3, 0.4) is 0 Å². The summed E-state index contributed by atoms with van der Waals surface area (Å²) in [6.45, 7) is 4.34. The van der Waals surface area contributed by atoms with Crippen molar-refractivity contribution >= 4 is 23.4 Å². The predicted molar refractivity (Wildman–Crippen MR) is 80.8 cm³/mol. The molecular formula is C16H17ClS. The Hall–Kier alpha value is -0.920. The van der Waals surface area contributed by atoms with Gasteiger partial charge < -0.3 is 0 Å². The molecule has 0 bridgehead atoms. The molecule has 0 saturated carbocycles. The van der Waals surface area contributed by atoms with E-state index >= 15 is 0 Å². The maximum Gasteiger partial charge on any atom is 0.0409 e. The summed E-state index contributed by atoms with van der Waals surface area (Å²) in [6, 6.07) is 14.9. The van der Waals surface area contributed by atoms with Gasteiger partial charge in [0, 0.05) is 14.8 Å². The Labute approximate surface area is 118 Å². The minimum absolute atomic E-state index is 0.817. The number of hydrogen-bond acceptors (Lipinski definition) is 1. The van der Waals surface area contributed by atoms with Gasteiger partial charge in [0.05, 0.1) is 0 Å². The van der Waals surface area contributed by atoms with Crippen LogP contribution >= 0.6 is 23.4 Å². The molecule has 94 valence electrons. The average Bonchev–Trinajstić information content (AvgIpc) is 2.41. The van der Waals surface area contributed by atoms with E-state index in [1.165, 1.54) is 20.9 Å². The van der Waals surface area contributed by atoms with E-state index in [9.17, 15) is 0 Å². The van der Waals surface area contributed by atoms with Crippen LogP contribution in [0.1, 0.15) is 25.0 Å². The van der Waals surface area contributed by atoms with Crippen LogP contribution < -0.4 is 0 Å². The topological polar surface area (TPSA) is 0 Å². The Kier molecular flexibility index (Phi) is 4.73. The van der Waals surface area contributed by atoms with E-state index < -0.39 is 0 Å². The Balaban J connectivity index is 2.22. The Bertz CT molecular complexity index is 517. The third-order valence-corrected chi connectivity index (χ3v) is 4.32. The highest BCUT2D eigenvalue weighted by molar-refractivity contribution is 7.99. The van der Waals surface area contributed by atoms with Crippen LogP contribution in [0.4, 0.5) is 0 Å². The van der Waals surface area contributed by atoms with Crippen molar-refractivity contribution < 1.29 is 0 Å². The average molecular weight is 277 g/mol. The van der Waals surface area contributed by atoms with Gasteiger partial charge in [0.2, 0.25) is 0 Å². The summed E-state index contributed by atoms with van der Waals surface area (Å²) in [5.41, 5.74) is 2.69. The third kappa shape index (κ3) is 3.30. The van der Waals surface area contributed by atoms with Crippen molar-refractivity contribution in [3.8, 4) is 0 Å². The lowest BCUT2D eigenvalue weighted by atomic mass is 10.2. The van der Waals surface area contributed by atoms with E-state index in [4.69, 9.17) is 11.6 Å². The first-order valence-corrected chi connectivity index (χ1v) is 7.47. The summed E-state index contributed by atoms with van der Waals surface area (Å²) in [4.78, 5) is 2.58. The molecule has 0 nitrogen and oxygen atoms in total. The minimum Gasteiger partial charge on any atom is -0.0898 e. The lowest BCUT2D eigenvalue weighted by molar-refractivity contribution is 1.08. The molecule has 0 heterocycles. The van der Waals surface area contributed by atoms with Crippen molar-refractivity contribution in [2.75, 3.05) is 0 Å². The van der Waals surface area contributed by atoms with E-state index in [0.29, 0.717) is 0 Å². The third-order valence-electron chi connectivity index (χ3n) is 2.96. The molecule has 0 aliphatic heterocycles. The predicted octanol–water partition coefficient (Wildman–Crippen LogP) is 5.62. The van der Waals surface area contributed by atoms with E-state index in [1.54, 1.807) is 0 Å². The van der Waals surface area contributed by atoms with E-state index in [1.807, 2.05) is 17.8 Å². The highest BCUT2D eigenvalue weighted by Gasteiger charge is 2.04. The van der Waals surface area contributed by atoms with Crippen molar-refractivity contribution in [2.24, 2.45) is 0 Å². The Morgan fingerprint density at radius 3 is 2.28 bits per heavy atom. The Morgan fingerprint density at radius 1 is 0.944 bits per heavy atom. The monoisotopic (exact) mass is 276 g/mol. The highest BCUT2D eigenvalue weighted by atomic mass is 35.5. The van der Waals surface area contributed by atoms with Crippen LogP contribution in [0.25, 0.3) is 0 Å².